The summed E-state index contributed by atoms with van der Waals surface area (Å²) in [6, 6.07) is 1.74. The highest BCUT2D eigenvalue weighted by Gasteiger charge is 1.91. The van der Waals surface area contributed by atoms with Crippen LogP contribution in [0, 0.1) is 0 Å². The van der Waals surface area contributed by atoms with Crippen molar-refractivity contribution in [2.24, 2.45) is 0 Å². The Labute approximate surface area is 62.9 Å². The Morgan fingerprint density at radius 3 is 2.80 bits per heavy atom. The fourth-order valence-electron chi connectivity index (χ4n) is 0.469. The summed E-state index contributed by atoms with van der Waals surface area (Å²) in [5.41, 5.74) is 0. The second kappa shape index (κ2) is 4.00. The van der Waals surface area contributed by atoms with Crippen molar-refractivity contribution in [3.8, 4) is 0 Å². The van der Waals surface area contributed by atoms with Crippen LogP contribution < -0.4 is 0 Å². The van der Waals surface area contributed by atoms with Crippen molar-refractivity contribution >= 4 is 18.0 Å². The van der Waals surface area contributed by atoms with Crippen molar-refractivity contribution < 1.29 is 4.79 Å². The summed E-state index contributed by atoms with van der Waals surface area (Å²) in [6.07, 6.45) is 4.14. The van der Waals surface area contributed by atoms with Gasteiger partial charge in [-0.1, -0.05) is 11.8 Å². The van der Waals surface area contributed by atoms with E-state index in [-0.39, 0.29) is 0 Å². The highest BCUT2D eigenvalue weighted by Crippen LogP contribution is 2.07. The third-order valence-corrected chi connectivity index (χ3v) is 1.59. The van der Waals surface area contributed by atoms with E-state index in [1.165, 1.54) is 11.8 Å². The molecule has 0 saturated heterocycles. The van der Waals surface area contributed by atoms with Gasteiger partial charge in [-0.05, 0) is 6.07 Å². The number of aldehydes is 1. The topological polar surface area (TPSA) is 42.9 Å². The van der Waals surface area contributed by atoms with E-state index in [2.05, 4.69) is 9.97 Å². The smallest absolute Gasteiger partial charge is 0.187 e. The molecule has 4 heteroatoms. The van der Waals surface area contributed by atoms with Crippen LogP contribution in [0.5, 0.6) is 0 Å². The third kappa shape index (κ3) is 2.14. The van der Waals surface area contributed by atoms with Gasteiger partial charge in [0.25, 0.3) is 0 Å². The summed E-state index contributed by atoms with van der Waals surface area (Å²) in [4.78, 5) is 17.7. The number of thioether (sulfide) groups is 1. The summed E-state index contributed by atoms with van der Waals surface area (Å²) >= 11 is 1.33. The SMILES string of the molecule is O=CCSc1ncccn1. The lowest BCUT2D eigenvalue weighted by atomic mass is 10.7. The molecule has 1 rings (SSSR count). The van der Waals surface area contributed by atoms with Crippen LogP contribution in [0.4, 0.5) is 0 Å². The van der Waals surface area contributed by atoms with Crippen LogP contribution in [0.15, 0.2) is 23.6 Å². The molecule has 0 aliphatic heterocycles. The molecule has 0 aliphatic carbocycles. The van der Waals surface area contributed by atoms with Crippen LogP contribution in [0.1, 0.15) is 0 Å². The normalized spacial score (nSPS) is 9.20. The number of aromatic nitrogens is 2. The first-order chi connectivity index (χ1) is 4.93. The van der Waals surface area contributed by atoms with Crippen molar-refractivity contribution in [2.45, 2.75) is 5.16 Å². The number of hydrogen-bond acceptors (Lipinski definition) is 4. The first-order valence-electron chi connectivity index (χ1n) is 2.77. The highest BCUT2D eigenvalue weighted by molar-refractivity contribution is 7.99. The molecular weight excluding hydrogens is 148 g/mol. The fraction of sp³-hybridized carbons (Fsp3) is 0.167. The van der Waals surface area contributed by atoms with Crippen LogP contribution in [-0.2, 0) is 4.79 Å². The Morgan fingerprint density at radius 1 is 1.50 bits per heavy atom. The zero-order valence-electron chi connectivity index (χ0n) is 5.23. The molecule has 1 aromatic heterocycles. The lowest BCUT2D eigenvalue weighted by Gasteiger charge is -1.90. The Kier molecular flexibility index (Phi) is 2.89. The van der Waals surface area contributed by atoms with E-state index >= 15 is 0 Å². The van der Waals surface area contributed by atoms with Crippen molar-refractivity contribution in [2.75, 3.05) is 5.75 Å². The molecule has 0 bridgehead atoms. The minimum absolute atomic E-state index is 0.421. The minimum Gasteiger partial charge on any atom is -0.302 e. The van der Waals surface area contributed by atoms with Gasteiger partial charge in [-0.2, -0.15) is 0 Å². The Hall–Kier alpha value is -0.900. The van der Waals surface area contributed by atoms with E-state index in [4.69, 9.17) is 0 Å². The number of rotatable bonds is 3. The second-order valence-corrected chi connectivity index (χ2v) is 2.50. The Bertz CT molecular complexity index is 202. The monoisotopic (exact) mass is 154 g/mol. The molecule has 1 aromatic rings. The summed E-state index contributed by atoms with van der Waals surface area (Å²) in [7, 11) is 0. The van der Waals surface area contributed by atoms with E-state index in [1.807, 2.05) is 0 Å². The molecule has 1 heterocycles. The van der Waals surface area contributed by atoms with Crippen molar-refractivity contribution in [3.05, 3.63) is 18.5 Å². The van der Waals surface area contributed by atoms with E-state index in [1.54, 1.807) is 18.5 Å². The molecular formula is C6H6N2OS. The predicted octanol–water partition coefficient (Wildman–Crippen LogP) is 0.768. The van der Waals surface area contributed by atoms with E-state index in [0.29, 0.717) is 10.9 Å². The van der Waals surface area contributed by atoms with Gasteiger partial charge in [0.15, 0.2) is 5.16 Å². The van der Waals surface area contributed by atoms with Crippen molar-refractivity contribution in [3.63, 3.8) is 0 Å². The maximum atomic E-state index is 9.90. The molecule has 0 amide bonds. The highest BCUT2D eigenvalue weighted by atomic mass is 32.2. The molecule has 10 heavy (non-hydrogen) atoms. The average molecular weight is 154 g/mol. The van der Waals surface area contributed by atoms with Gasteiger partial charge in [-0.3, -0.25) is 0 Å². The van der Waals surface area contributed by atoms with Crippen LogP contribution in [0.25, 0.3) is 0 Å². The molecule has 0 fully saturated rings. The summed E-state index contributed by atoms with van der Waals surface area (Å²) < 4.78 is 0. The summed E-state index contributed by atoms with van der Waals surface area (Å²) in [5, 5.41) is 0.648. The van der Waals surface area contributed by atoms with Gasteiger partial charge < -0.3 is 4.79 Å². The zero-order valence-corrected chi connectivity index (χ0v) is 6.04. The maximum Gasteiger partial charge on any atom is 0.187 e. The first-order valence-corrected chi connectivity index (χ1v) is 3.75. The van der Waals surface area contributed by atoms with E-state index in [0.717, 1.165) is 6.29 Å². The van der Waals surface area contributed by atoms with Crippen LogP contribution in [0.2, 0.25) is 0 Å². The minimum atomic E-state index is 0.421. The second-order valence-electron chi connectivity index (χ2n) is 1.51. The zero-order chi connectivity index (χ0) is 7.23. The molecule has 0 unspecified atom stereocenters. The van der Waals surface area contributed by atoms with Gasteiger partial charge in [-0.15, -0.1) is 0 Å². The number of nitrogens with zero attached hydrogens (tertiary/aromatic N) is 2. The summed E-state index contributed by atoms with van der Waals surface area (Å²) in [6.45, 7) is 0. The molecule has 0 aliphatic rings. The average Bonchev–Trinajstić information content (AvgIpc) is 2.03. The van der Waals surface area contributed by atoms with Gasteiger partial charge >= 0.3 is 0 Å². The van der Waals surface area contributed by atoms with Crippen molar-refractivity contribution in [1.29, 1.82) is 0 Å². The van der Waals surface area contributed by atoms with Crippen molar-refractivity contribution in [1.82, 2.24) is 9.97 Å². The number of hydrogen-bond donors (Lipinski definition) is 0. The Balaban J connectivity index is 2.50. The van der Waals surface area contributed by atoms with Gasteiger partial charge in [-0.25, -0.2) is 9.97 Å². The lowest BCUT2D eigenvalue weighted by molar-refractivity contribution is -0.105. The van der Waals surface area contributed by atoms with Gasteiger partial charge in [0.2, 0.25) is 0 Å². The molecule has 0 N–H and O–H groups in total. The molecule has 0 atom stereocenters. The van der Waals surface area contributed by atoms with E-state index < -0.39 is 0 Å². The van der Waals surface area contributed by atoms with Crippen LogP contribution in [-0.4, -0.2) is 22.0 Å². The molecule has 0 spiro atoms. The molecule has 0 radical (unpaired) electrons. The van der Waals surface area contributed by atoms with Crippen LogP contribution in [0.3, 0.4) is 0 Å². The molecule has 3 nitrogen and oxygen atoms in total. The predicted molar refractivity (Wildman–Crippen MR) is 38.8 cm³/mol. The quantitative estimate of drug-likeness (QED) is 0.366. The van der Waals surface area contributed by atoms with Gasteiger partial charge in [0.05, 0.1) is 5.75 Å². The van der Waals surface area contributed by atoms with Crippen LogP contribution >= 0.6 is 11.8 Å². The standard InChI is InChI=1S/C6H6N2OS/c9-4-5-10-6-7-2-1-3-8-6/h1-4H,5H2. The van der Waals surface area contributed by atoms with Gasteiger partial charge in [0.1, 0.15) is 6.29 Å². The first kappa shape index (κ1) is 7.21. The molecule has 0 aromatic carbocycles. The summed E-state index contributed by atoms with van der Waals surface area (Å²) in [5.74, 6) is 0.421. The Morgan fingerprint density at radius 2 is 2.20 bits per heavy atom. The number of carbonyl (C=O) groups excluding carboxylic acids is 1. The van der Waals surface area contributed by atoms with Gasteiger partial charge in [0, 0.05) is 12.4 Å². The third-order valence-electron chi connectivity index (χ3n) is 0.823. The number of carbonyl (C=O) groups is 1. The van der Waals surface area contributed by atoms with E-state index in [9.17, 15) is 4.79 Å². The maximum absolute atomic E-state index is 9.90. The fourth-order valence-corrected chi connectivity index (χ4v) is 0.956. The largest absolute Gasteiger partial charge is 0.302 e. The lowest BCUT2D eigenvalue weighted by Crippen LogP contribution is -1.85. The molecule has 0 saturated carbocycles. The molecule has 52 valence electrons.